The Morgan fingerprint density at radius 1 is 0.453 bits per heavy atom. The molecule has 0 saturated carbocycles. The van der Waals surface area contributed by atoms with Crippen LogP contribution >= 0.6 is 0 Å². The maximum atomic E-state index is 13.2. The van der Waals surface area contributed by atoms with Gasteiger partial charge in [0.05, 0.1) is 25.2 Å². The lowest BCUT2D eigenvalue weighted by Crippen LogP contribution is -2.46. The van der Waals surface area contributed by atoms with Crippen LogP contribution in [-0.2, 0) is 14.3 Å². The van der Waals surface area contributed by atoms with Gasteiger partial charge in [-0.25, -0.2) is 0 Å². The molecule has 0 aromatic carbocycles. The minimum Gasteiger partial charge on any atom is -0.462 e. The van der Waals surface area contributed by atoms with Crippen molar-refractivity contribution in [3.05, 3.63) is 24.3 Å². The molecule has 3 unspecified atom stereocenters. The van der Waals surface area contributed by atoms with E-state index in [0.717, 1.165) is 57.8 Å². The van der Waals surface area contributed by atoms with Crippen LogP contribution in [0.5, 0.6) is 0 Å². The van der Waals surface area contributed by atoms with Crippen molar-refractivity contribution in [2.75, 3.05) is 6.61 Å². The molecule has 0 aliphatic carbocycles. The largest absolute Gasteiger partial charge is 0.462 e. The molecule has 0 radical (unpaired) electrons. The summed E-state index contributed by atoms with van der Waals surface area (Å²) in [4.78, 5) is 26.2. The average Bonchev–Trinajstić information content (AvgIpc) is 3.29. The number of esters is 1. The highest BCUT2D eigenvalue weighted by Crippen LogP contribution is 2.18. The van der Waals surface area contributed by atoms with Gasteiger partial charge in [-0.1, -0.05) is 276 Å². The number of unbranched alkanes of at least 4 members (excludes halogenated alkanes) is 37. The van der Waals surface area contributed by atoms with Gasteiger partial charge in [0.2, 0.25) is 5.91 Å². The SMILES string of the molecule is CCCCCCCCC/C=C/C=C/CCCC(CC(=O)NC(CO)C(O)CCCCCCCCCCCCCCCC)OC(=O)CCCCCCCCCCCCCCCCCCC. The first-order valence-electron chi connectivity index (χ1n) is 28.6. The van der Waals surface area contributed by atoms with E-state index in [1.165, 1.54) is 205 Å². The van der Waals surface area contributed by atoms with Crippen LogP contribution in [0.3, 0.4) is 0 Å². The molecule has 0 heterocycles. The number of rotatable bonds is 52. The smallest absolute Gasteiger partial charge is 0.306 e. The lowest BCUT2D eigenvalue weighted by molar-refractivity contribution is -0.151. The first kappa shape index (κ1) is 62.3. The molecule has 6 heteroatoms. The van der Waals surface area contributed by atoms with Gasteiger partial charge in [-0.2, -0.15) is 0 Å². The topological polar surface area (TPSA) is 95.9 Å². The number of allylic oxidation sites excluding steroid dienone is 4. The van der Waals surface area contributed by atoms with Crippen LogP contribution in [0.1, 0.15) is 310 Å². The lowest BCUT2D eigenvalue weighted by Gasteiger charge is -2.24. The molecule has 0 fully saturated rings. The van der Waals surface area contributed by atoms with Gasteiger partial charge in [0.25, 0.3) is 0 Å². The summed E-state index contributed by atoms with van der Waals surface area (Å²) in [6.45, 7) is 6.50. The molecule has 1 amide bonds. The quantitative estimate of drug-likeness (QED) is 0.0321. The second kappa shape index (κ2) is 52.3. The molecule has 0 saturated heterocycles. The summed E-state index contributed by atoms with van der Waals surface area (Å²) in [7, 11) is 0. The molecule has 0 bridgehead atoms. The van der Waals surface area contributed by atoms with Crippen LogP contribution in [0.4, 0.5) is 0 Å². The summed E-state index contributed by atoms with van der Waals surface area (Å²) < 4.78 is 5.93. The van der Waals surface area contributed by atoms with Crippen LogP contribution in [0, 0.1) is 0 Å². The van der Waals surface area contributed by atoms with Gasteiger partial charge in [-0.05, 0) is 44.9 Å². The van der Waals surface area contributed by atoms with E-state index in [-0.39, 0.29) is 24.9 Å². The first-order valence-corrected chi connectivity index (χ1v) is 28.6. The third-order valence-electron chi connectivity index (χ3n) is 13.3. The molecular weight excluding hydrogens is 791 g/mol. The lowest BCUT2D eigenvalue weighted by atomic mass is 10.0. The Morgan fingerprint density at radius 3 is 1.19 bits per heavy atom. The molecular formula is C58H111NO5. The highest BCUT2D eigenvalue weighted by Gasteiger charge is 2.24. The first-order chi connectivity index (χ1) is 31.5. The van der Waals surface area contributed by atoms with Crippen molar-refractivity contribution in [1.29, 1.82) is 0 Å². The molecule has 378 valence electrons. The van der Waals surface area contributed by atoms with E-state index in [2.05, 4.69) is 50.4 Å². The zero-order chi connectivity index (χ0) is 46.7. The third-order valence-corrected chi connectivity index (χ3v) is 13.3. The molecule has 6 nitrogen and oxygen atoms in total. The molecule has 64 heavy (non-hydrogen) atoms. The van der Waals surface area contributed by atoms with E-state index < -0.39 is 18.2 Å². The maximum Gasteiger partial charge on any atom is 0.306 e. The van der Waals surface area contributed by atoms with Gasteiger partial charge < -0.3 is 20.3 Å². The van der Waals surface area contributed by atoms with Gasteiger partial charge in [0.15, 0.2) is 0 Å². The van der Waals surface area contributed by atoms with Crippen molar-refractivity contribution < 1.29 is 24.5 Å². The van der Waals surface area contributed by atoms with Crippen molar-refractivity contribution in [2.24, 2.45) is 0 Å². The number of hydrogen-bond donors (Lipinski definition) is 3. The van der Waals surface area contributed by atoms with Crippen LogP contribution < -0.4 is 5.32 Å². The predicted octanol–water partition coefficient (Wildman–Crippen LogP) is 17.5. The fourth-order valence-corrected chi connectivity index (χ4v) is 8.96. The Balaban J connectivity index is 4.55. The maximum absolute atomic E-state index is 13.2. The van der Waals surface area contributed by atoms with Crippen LogP contribution in [0.2, 0.25) is 0 Å². The number of aliphatic hydroxyl groups is 2. The molecule has 3 atom stereocenters. The Kier molecular flexibility index (Phi) is 51.0. The van der Waals surface area contributed by atoms with Crippen molar-refractivity contribution in [3.8, 4) is 0 Å². The van der Waals surface area contributed by atoms with E-state index in [0.29, 0.717) is 19.3 Å². The Hall–Kier alpha value is -1.66. The van der Waals surface area contributed by atoms with Gasteiger partial charge in [0, 0.05) is 6.42 Å². The summed E-state index contributed by atoms with van der Waals surface area (Å²) in [5.41, 5.74) is 0. The molecule has 0 rings (SSSR count). The highest BCUT2D eigenvalue weighted by molar-refractivity contribution is 5.77. The van der Waals surface area contributed by atoms with E-state index in [4.69, 9.17) is 4.74 Å². The van der Waals surface area contributed by atoms with Crippen LogP contribution in [-0.4, -0.2) is 46.9 Å². The van der Waals surface area contributed by atoms with Gasteiger partial charge in [-0.3, -0.25) is 9.59 Å². The normalized spacial score (nSPS) is 13.3. The molecule has 0 aromatic heterocycles. The summed E-state index contributed by atoms with van der Waals surface area (Å²) >= 11 is 0. The summed E-state index contributed by atoms with van der Waals surface area (Å²) in [5, 5.41) is 23.8. The van der Waals surface area contributed by atoms with E-state index in [9.17, 15) is 19.8 Å². The van der Waals surface area contributed by atoms with Gasteiger partial charge >= 0.3 is 5.97 Å². The standard InChI is InChI=1S/C58H111NO5/c1-4-7-10-13-16-19-22-25-28-29-30-33-36-39-42-45-48-51-58(63)64-54(49-46-43-40-37-34-31-26-23-20-17-14-11-8-5-2)52-57(62)59-55(53-60)56(61)50-47-44-41-38-35-32-27-24-21-18-15-12-9-6-3/h31,34,37,40,54-56,60-61H,4-30,32-33,35-36,38-39,41-53H2,1-3H3,(H,59,62)/b34-31+,40-37+. The van der Waals surface area contributed by atoms with Crippen molar-refractivity contribution in [1.82, 2.24) is 5.32 Å². The Morgan fingerprint density at radius 2 is 0.797 bits per heavy atom. The van der Waals surface area contributed by atoms with Crippen molar-refractivity contribution in [3.63, 3.8) is 0 Å². The highest BCUT2D eigenvalue weighted by atomic mass is 16.5. The summed E-state index contributed by atoms with van der Waals surface area (Å²) in [6, 6.07) is -0.712. The minimum atomic E-state index is -0.795. The fourth-order valence-electron chi connectivity index (χ4n) is 8.96. The second-order valence-corrected chi connectivity index (χ2v) is 19.7. The average molecular weight is 903 g/mol. The van der Waals surface area contributed by atoms with E-state index in [1.54, 1.807) is 0 Å². The van der Waals surface area contributed by atoms with Crippen LogP contribution in [0.15, 0.2) is 24.3 Å². The van der Waals surface area contributed by atoms with Gasteiger partial charge in [-0.15, -0.1) is 0 Å². The molecule has 3 N–H and O–H groups in total. The van der Waals surface area contributed by atoms with Crippen LogP contribution in [0.25, 0.3) is 0 Å². The minimum absolute atomic E-state index is 0.0505. The fraction of sp³-hybridized carbons (Fsp3) is 0.897. The molecule has 0 aromatic rings. The number of nitrogens with one attached hydrogen (secondary N) is 1. The Labute approximate surface area is 399 Å². The number of carbonyl (C=O) groups excluding carboxylic acids is 2. The summed E-state index contributed by atoms with van der Waals surface area (Å²) in [5.74, 6) is -0.502. The number of ether oxygens (including phenoxy) is 1. The number of hydrogen-bond acceptors (Lipinski definition) is 5. The van der Waals surface area contributed by atoms with E-state index in [1.807, 2.05) is 0 Å². The van der Waals surface area contributed by atoms with Crippen molar-refractivity contribution >= 4 is 11.9 Å². The molecule has 0 aliphatic heterocycles. The zero-order valence-electron chi connectivity index (χ0n) is 43.2. The Bertz CT molecular complexity index is 1010. The predicted molar refractivity (Wildman–Crippen MR) is 278 cm³/mol. The monoisotopic (exact) mass is 902 g/mol. The summed E-state index contributed by atoms with van der Waals surface area (Å²) in [6.07, 6.45) is 61.1. The molecule has 0 spiro atoms. The second-order valence-electron chi connectivity index (χ2n) is 19.7. The number of aliphatic hydroxyl groups excluding tert-OH is 2. The number of carbonyl (C=O) groups is 2. The number of amides is 1. The van der Waals surface area contributed by atoms with Gasteiger partial charge in [0.1, 0.15) is 6.10 Å². The third kappa shape index (κ3) is 46.9. The van der Waals surface area contributed by atoms with E-state index >= 15 is 0 Å². The molecule has 0 aliphatic rings. The van der Waals surface area contributed by atoms with Crippen molar-refractivity contribution in [2.45, 2.75) is 328 Å². The zero-order valence-corrected chi connectivity index (χ0v) is 43.2.